The number of ether oxygens (including phenoxy) is 1. The highest BCUT2D eigenvalue weighted by Crippen LogP contribution is 2.31. The molecule has 0 aromatic carbocycles. The Balaban J connectivity index is 2.63. The first-order valence-corrected chi connectivity index (χ1v) is 7.76. The second-order valence-corrected chi connectivity index (χ2v) is 7.88. The predicted molar refractivity (Wildman–Crippen MR) is 82.8 cm³/mol. The number of nitrogens with zero attached hydrogens (tertiary/aromatic N) is 1. The molecule has 1 aliphatic rings. The lowest BCUT2D eigenvalue weighted by Gasteiger charge is -2.36. The van der Waals surface area contributed by atoms with Gasteiger partial charge in [0.15, 0.2) is 0 Å². The van der Waals surface area contributed by atoms with Crippen molar-refractivity contribution in [2.75, 3.05) is 19.6 Å². The van der Waals surface area contributed by atoms with Gasteiger partial charge in [0.25, 0.3) is 0 Å². The van der Waals surface area contributed by atoms with Crippen LogP contribution in [0.2, 0.25) is 0 Å². The number of nitrogens with one attached hydrogen (secondary N) is 1. The smallest absolute Gasteiger partial charge is 0.410 e. The molecule has 118 valence electrons. The van der Waals surface area contributed by atoms with Gasteiger partial charge in [-0.25, -0.2) is 4.79 Å². The van der Waals surface area contributed by atoms with Crippen LogP contribution in [0, 0.1) is 11.3 Å². The van der Waals surface area contributed by atoms with Crippen LogP contribution in [0.15, 0.2) is 0 Å². The molecule has 1 N–H and O–H groups in total. The Labute approximate surface area is 124 Å². The summed E-state index contributed by atoms with van der Waals surface area (Å²) < 4.78 is 5.46. The highest BCUT2D eigenvalue weighted by molar-refractivity contribution is 5.68. The lowest BCUT2D eigenvalue weighted by molar-refractivity contribution is 0.0280. The average molecular weight is 284 g/mol. The molecule has 0 saturated carbocycles. The Morgan fingerprint density at radius 1 is 1.30 bits per heavy atom. The average Bonchev–Trinajstić information content (AvgIpc) is 2.70. The molecule has 0 aromatic heterocycles. The highest BCUT2D eigenvalue weighted by Gasteiger charge is 2.38. The minimum atomic E-state index is -0.416. The SMILES string of the molecule is CCNC(C1CCN(C(=O)OC(C)(C)C)C1)C(C)(C)C. The van der Waals surface area contributed by atoms with Crippen molar-refractivity contribution in [3.63, 3.8) is 0 Å². The topological polar surface area (TPSA) is 41.6 Å². The Bertz CT molecular complexity index is 328. The van der Waals surface area contributed by atoms with E-state index in [1.54, 1.807) is 0 Å². The molecule has 1 heterocycles. The van der Waals surface area contributed by atoms with Crippen LogP contribution >= 0.6 is 0 Å². The van der Waals surface area contributed by atoms with E-state index in [1.807, 2.05) is 25.7 Å². The summed E-state index contributed by atoms with van der Waals surface area (Å²) in [4.78, 5) is 14.0. The minimum Gasteiger partial charge on any atom is -0.444 e. The van der Waals surface area contributed by atoms with Crippen LogP contribution in [0.4, 0.5) is 4.79 Å². The second kappa shape index (κ2) is 6.33. The van der Waals surface area contributed by atoms with Gasteiger partial charge in [-0.05, 0) is 45.1 Å². The van der Waals surface area contributed by atoms with E-state index in [-0.39, 0.29) is 11.5 Å². The van der Waals surface area contributed by atoms with Crippen LogP contribution < -0.4 is 5.32 Å². The van der Waals surface area contributed by atoms with E-state index in [2.05, 4.69) is 33.0 Å². The molecule has 1 fully saturated rings. The van der Waals surface area contributed by atoms with Crippen LogP contribution in [0.25, 0.3) is 0 Å². The van der Waals surface area contributed by atoms with Gasteiger partial charge in [0.1, 0.15) is 5.60 Å². The van der Waals surface area contributed by atoms with Crippen molar-refractivity contribution >= 4 is 6.09 Å². The fourth-order valence-corrected chi connectivity index (χ4v) is 2.95. The Morgan fingerprint density at radius 3 is 2.35 bits per heavy atom. The third kappa shape index (κ3) is 4.97. The number of hydrogen-bond acceptors (Lipinski definition) is 3. The summed E-state index contributed by atoms with van der Waals surface area (Å²) in [6, 6.07) is 0.430. The zero-order valence-electron chi connectivity index (χ0n) is 14.2. The highest BCUT2D eigenvalue weighted by atomic mass is 16.6. The van der Waals surface area contributed by atoms with Crippen LogP contribution in [-0.2, 0) is 4.74 Å². The first kappa shape index (κ1) is 17.3. The maximum absolute atomic E-state index is 12.1. The van der Waals surface area contributed by atoms with Crippen LogP contribution in [0.3, 0.4) is 0 Å². The van der Waals surface area contributed by atoms with E-state index < -0.39 is 5.60 Å². The maximum atomic E-state index is 12.1. The molecule has 4 heteroatoms. The van der Waals surface area contributed by atoms with Crippen molar-refractivity contribution in [3.05, 3.63) is 0 Å². The summed E-state index contributed by atoms with van der Waals surface area (Å²) >= 11 is 0. The number of carbonyl (C=O) groups is 1. The maximum Gasteiger partial charge on any atom is 0.410 e. The number of rotatable bonds is 3. The molecule has 1 aliphatic heterocycles. The first-order chi connectivity index (χ1) is 9.04. The van der Waals surface area contributed by atoms with E-state index in [4.69, 9.17) is 4.74 Å². The quantitative estimate of drug-likeness (QED) is 0.865. The Hall–Kier alpha value is -0.770. The molecule has 1 amide bonds. The van der Waals surface area contributed by atoms with Crippen molar-refractivity contribution in [3.8, 4) is 0 Å². The van der Waals surface area contributed by atoms with E-state index in [0.29, 0.717) is 12.0 Å². The van der Waals surface area contributed by atoms with Crippen molar-refractivity contribution in [2.24, 2.45) is 11.3 Å². The molecule has 0 radical (unpaired) electrons. The summed E-state index contributed by atoms with van der Waals surface area (Å²) in [5, 5.41) is 3.59. The van der Waals surface area contributed by atoms with Crippen molar-refractivity contribution in [1.29, 1.82) is 0 Å². The largest absolute Gasteiger partial charge is 0.444 e. The zero-order valence-corrected chi connectivity index (χ0v) is 14.2. The summed E-state index contributed by atoms with van der Waals surface area (Å²) in [6.07, 6.45) is 0.873. The number of likely N-dealkylation sites (tertiary alicyclic amines) is 1. The van der Waals surface area contributed by atoms with Gasteiger partial charge < -0.3 is 15.0 Å². The van der Waals surface area contributed by atoms with Gasteiger partial charge in [-0.1, -0.05) is 27.7 Å². The third-order valence-corrected chi connectivity index (χ3v) is 3.70. The lowest BCUT2D eigenvalue weighted by Crippen LogP contribution is -2.47. The number of carbonyl (C=O) groups excluding carboxylic acids is 1. The molecular formula is C16H32N2O2. The van der Waals surface area contributed by atoms with Gasteiger partial charge in [0, 0.05) is 19.1 Å². The number of hydrogen-bond donors (Lipinski definition) is 1. The second-order valence-electron chi connectivity index (χ2n) is 7.88. The zero-order chi connectivity index (χ0) is 15.6. The van der Waals surface area contributed by atoms with Crippen LogP contribution in [0.5, 0.6) is 0 Å². The van der Waals surface area contributed by atoms with Gasteiger partial charge in [0.05, 0.1) is 0 Å². The van der Waals surface area contributed by atoms with E-state index in [1.165, 1.54) is 0 Å². The van der Waals surface area contributed by atoms with E-state index in [9.17, 15) is 4.79 Å². The van der Waals surface area contributed by atoms with Gasteiger partial charge in [-0.2, -0.15) is 0 Å². The summed E-state index contributed by atoms with van der Waals surface area (Å²) in [6.45, 7) is 17.2. The van der Waals surface area contributed by atoms with E-state index >= 15 is 0 Å². The minimum absolute atomic E-state index is 0.177. The van der Waals surface area contributed by atoms with E-state index in [0.717, 1.165) is 26.1 Å². The van der Waals surface area contributed by atoms with Gasteiger partial charge in [-0.15, -0.1) is 0 Å². The van der Waals surface area contributed by atoms with Crippen LogP contribution in [0.1, 0.15) is 54.9 Å². The van der Waals surface area contributed by atoms with Crippen LogP contribution in [-0.4, -0.2) is 42.3 Å². The summed E-state index contributed by atoms with van der Waals surface area (Å²) in [7, 11) is 0. The Morgan fingerprint density at radius 2 is 1.90 bits per heavy atom. The molecule has 20 heavy (non-hydrogen) atoms. The lowest BCUT2D eigenvalue weighted by atomic mass is 9.78. The van der Waals surface area contributed by atoms with Crippen molar-refractivity contribution in [1.82, 2.24) is 10.2 Å². The molecule has 2 atom stereocenters. The van der Waals surface area contributed by atoms with Gasteiger partial charge in [-0.3, -0.25) is 0 Å². The molecular weight excluding hydrogens is 252 g/mol. The molecule has 2 unspecified atom stereocenters. The standard InChI is InChI=1S/C16H32N2O2/c1-8-17-13(15(2,3)4)12-9-10-18(11-12)14(19)20-16(5,6)7/h12-13,17H,8-11H2,1-7H3. The summed E-state index contributed by atoms with van der Waals surface area (Å²) in [5.41, 5.74) is -0.217. The van der Waals surface area contributed by atoms with Gasteiger partial charge in [0.2, 0.25) is 0 Å². The molecule has 4 nitrogen and oxygen atoms in total. The monoisotopic (exact) mass is 284 g/mol. The first-order valence-electron chi connectivity index (χ1n) is 7.76. The van der Waals surface area contributed by atoms with Crippen molar-refractivity contribution < 1.29 is 9.53 Å². The van der Waals surface area contributed by atoms with Crippen molar-refractivity contribution in [2.45, 2.75) is 66.5 Å². The normalized spacial score (nSPS) is 21.9. The predicted octanol–water partition coefficient (Wildman–Crippen LogP) is 3.27. The van der Waals surface area contributed by atoms with Gasteiger partial charge >= 0.3 is 6.09 Å². The molecule has 0 spiro atoms. The fourth-order valence-electron chi connectivity index (χ4n) is 2.95. The number of amides is 1. The Kier molecular flexibility index (Phi) is 5.47. The molecule has 1 rings (SSSR count). The molecule has 0 aliphatic carbocycles. The molecule has 0 bridgehead atoms. The molecule has 0 aromatic rings. The third-order valence-electron chi connectivity index (χ3n) is 3.70. The fraction of sp³-hybridized carbons (Fsp3) is 0.938. The summed E-state index contributed by atoms with van der Waals surface area (Å²) in [5.74, 6) is 0.502. The molecule has 1 saturated heterocycles.